The topological polar surface area (TPSA) is 103 Å². The lowest BCUT2D eigenvalue weighted by Crippen LogP contribution is -2.04. The Labute approximate surface area is 109 Å². The summed E-state index contributed by atoms with van der Waals surface area (Å²) < 4.78 is 5.01. The second-order valence-corrected chi connectivity index (χ2v) is 4.81. The molecule has 0 aliphatic heterocycles. The molecule has 0 radical (unpaired) electrons. The van der Waals surface area contributed by atoms with Crippen molar-refractivity contribution in [3.05, 3.63) is 16.1 Å². The summed E-state index contributed by atoms with van der Waals surface area (Å²) in [6.45, 7) is 0.717. The number of esters is 1. The molecule has 0 saturated carbocycles. The monoisotopic (exact) mass is 272 g/mol. The molecule has 0 spiro atoms. The fraction of sp³-hybridized carbons (Fsp3) is 0.545. The van der Waals surface area contributed by atoms with E-state index < -0.39 is 5.97 Å². The molecule has 0 atom stereocenters. The maximum atomic E-state index is 11.3. The van der Waals surface area contributed by atoms with Gasteiger partial charge in [-0.2, -0.15) is 0 Å². The normalized spacial score (nSPS) is 10.3. The van der Waals surface area contributed by atoms with Gasteiger partial charge in [-0.15, -0.1) is 11.3 Å². The number of rotatable bonds is 8. The summed E-state index contributed by atoms with van der Waals surface area (Å²) in [5, 5.41) is 8.68. The van der Waals surface area contributed by atoms with E-state index in [1.54, 1.807) is 0 Å². The number of ether oxygens (including phenoxy) is 1. The zero-order valence-electron chi connectivity index (χ0n) is 9.92. The summed E-state index contributed by atoms with van der Waals surface area (Å²) >= 11 is 1.01. The number of aromatic nitrogens is 1. The standard InChI is InChI=1S/C11H16N2O4S/c12-5-3-1-2-4-9(14)17-7-8-6-13-10(18-8)11(15)16/h6H,1-5,7,12H2,(H,15,16). The Balaban J connectivity index is 2.23. The molecule has 100 valence electrons. The zero-order chi connectivity index (χ0) is 13.4. The third kappa shape index (κ3) is 5.24. The highest BCUT2D eigenvalue weighted by Crippen LogP contribution is 2.14. The van der Waals surface area contributed by atoms with E-state index in [0.717, 1.165) is 30.6 Å². The number of hydrogen-bond donors (Lipinski definition) is 2. The van der Waals surface area contributed by atoms with Gasteiger partial charge in [-0.05, 0) is 19.4 Å². The molecule has 0 unspecified atom stereocenters. The molecule has 3 N–H and O–H groups in total. The Kier molecular flexibility index (Phi) is 6.31. The van der Waals surface area contributed by atoms with Gasteiger partial charge in [-0.3, -0.25) is 4.79 Å². The minimum absolute atomic E-state index is 0.00370. The molecule has 0 fully saturated rings. The molecule has 18 heavy (non-hydrogen) atoms. The Hall–Kier alpha value is -1.47. The van der Waals surface area contributed by atoms with Crippen LogP contribution >= 0.6 is 11.3 Å². The highest BCUT2D eigenvalue weighted by molar-refractivity contribution is 7.13. The average Bonchev–Trinajstić information content (AvgIpc) is 2.81. The van der Waals surface area contributed by atoms with Crippen LogP contribution in [-0.4, -0.2) is 28.6 Å². The van der Waals surface area contributed by atoms with Gasteiger partial charge < -0.3 is 15.6 Å². The van der Waals surface area contributed by atoms with Crippen LogP contribution in [-0.2, 0) is 16.1 Å². The van der Waals surface area contributed by atoms with Crippen LogP contribution in [0.4, 0.5) is 0 Å². The van der Waals surface area contributed by atoms with E-state index in [1.807, 2.05) is 0 Å². The molecular weight excluding hydrogens is 256 g/mol. The number of carboxylic acid groups (broad SMARTS) is 1. The van der Waals surface area contributed by atoms with Crippen LogP contribution in [0, 0.1) is 0 Å². The number of unbranched alkanes of at least 4 members (excludes halogenated alkanes) is 2. The quantitative estimate of drug-likeness (QED) is 0.548. The molecule has 0 aromatic carbocycles. The van der Waals surface area contributed by atoms with Crippen molar-refractivity contribution < 1.29 is 19.4 Å². The van der Waals surface area contributed by atoms with Gasteiger partial charge in [0, 0.05) is 12.6 Å². The van der Waals surface area contributed by atoms with Gasteiger partial charge in [0.2, 0.25) is 5.01 Å². The lowest BCUT2D eigenvalue weighted by Gasteiger charge is -2.02. The first kappa shape index (κ1) is 14.6. The summed E-state index contributed by atoms with van der Waals surface area (Å²) in [5.41, 5.74) is 5.34. The molecule has 0 saturated heterocycles. The number of nitrogens with zero attached hydrogens (tertiary/aromatic N) is 1. The van der Waals surface area contributed by atoms with Crippen molar-refractivity contribution in [1.82, 2.24) is 4.98 Å². The smallest absolute Gasteiger partial charge is 0.365 e. The second-order valence-electron chi connectivity index (χ2n) is 3.70. The summed E-state index contributed by atoms with van der Waals surface area (Å²) in [6, 6.07) is 0. The van der Waals surface area contributed by atoms with Crippen molar-refractivity contribution in [2.45, 2.75) is 32.3 Å². The minimum atomic E-state index is -1.07. The van der Waals surface area contributed by atoms with E-state index in [0.29, 0.717) is 17.8 Å². The molecule has 1 rings (SSSR count). The van der Waals surface area contributed by atoms with Crippen molar-refractivity contribution in [3.8, 4) is 0 Å². The highest BCUT2D eigenvalue weighted by atomic mass is 32.1. The molecule has 0 amide bonds. The fourth-order valence-electron chi connectivity index (χ4n) is 1.29. The van der Waals surface area contributed by atoms with E-state index in [-0.39, 0.29) is 17.6 Å². The first-order valence-corrected chi connectivity index (χ1v) is 6.49. The third-order valence-electron chi connectivity index (χ3n) is 2.20. The number of carboxylic acids is 1. The van der Waals surface area contributed by atoms with Crippen LogP contribution in [0.15, 0.2) is 6.20 Å². The Morgan fingerprint density at radius 3 is 2.78 bits per heavy atom. The van der Waals surface area contributed by atoms with Crippen LogP contribution in [0.2, 0.25) is 0 Å². The molecule has 1 heterocycles. The van der Waals surface area contributed by atoms with E-state index in [2.05, 4.69) is 4.98 Å². The van der Waals surface area contributed by atoms with E-state index in [4.69, 9.17) is 15.6 Å². The van der Waals surface area contributed by atoms with Crippen LogP contribution in [0.3, 0.4) is 0 Å². The third-order valence-corrected chi connectivity index (χ3v) is 3.16. The second kappa shape index (κ2) is 7.78. The summed E-state index contributed by atoms with van der Waals surface area (Å²) in [5.74, 6) is -1.35. The van der Waals surface area contributed by atoms with E-state index >= 15 is 0 Å². The van der Waals surface area contributed by atoms with Gasteiger partial charge in [0.1, 0.15) is 6.61 Å². The van der Waals surface area contributed by atoms with E-state index in [9.17, 15) is 9.59 Å². The minimum Gasteiger partial charge on any atom is -0.476 e. The van der Waals surface area contributed by atoms with Crippen molar-refractivity contribution in [2.75, 3.05) is 6.54 Å². The Bertz CT molecular complexity index is 406. The fourth-order valence-corrected chi connectivity index (χ4v) is 1.95. The first-order chi connectivity index (χ1) is 8.63. The van der Waals surface area contributed by atoms with Gasteiger partial charge in [-0.1, -0.05) is 6.42 Å². The summed E-state index contributed by atoms with van der Waals surface area (Å²) in [6.07, 6.45) is 4.36. The number of carbonyl (C=O) groups is 2. The van der Waals surface area contributed by atoms with Gasteiger partial charge in [0.05, 0.1) is 4.88 Å². The van der Waals surface area contributed by atoms with Gasteiger partial charge in [-0.25, -0.2) is 9.78 Å². The van der Waals surface area contributed by atoms with Gasteiger partial charge in [0.15, 0.2) is 0 Å². The van der Waals surface area contributed by atoms with Crippen LogP contribution in [0.5, 0.6) is 0 Å². The molecular formula is C11H16N2O4S. The Morgan fingerprint density at radius 2 is 2.17 bits per heavy atom. The average molecular weight is 272 g/mol. The first-order valence-electron chi connectivity index (χ1n) is 5.67. The maximum absolute atomic E-state index is 11.3. The Morgan fingerprint density at radius 1 is 1.39 bits per heavy atom. The van der Waals surface area contributed by atoms with Gasteiger partial charge in [0.25, 0.3) is 0 Å². The summed E-state index contributed by atoms with van der Waals surface area (Å²) in [7, 11) is 0. The summed E-state index contributed by atoms with van der Waals surface area (Å²) in [4.78, 5) is 26.2. The van der Waals surface area contributed by atoms with Gasteiger partial charge >= 0.3 is 11.9 Å². The number of hydrogen-bond acceptors (Lipinski definition) is 6. The number of carbonyl (C=O) groups excluding carboxylic acids is 1. The SMILES string of the molecule is NCCCCCC(=O)OCc1cnc(C(=O)O)s1. The van der Waals surface area contributed by atoms with Crippen LogP contribution in [0.25, 0.3) is 0 Å². The molecule has 6 nitrogen and oxygen atoms in total. The number of aromatic carboxylic acids is 1. The van der Waals surface area contributed by atoms with Crippen LogP contribution in [0.1, 0.15) is 40.4 Å². The van der Waals surface area contributed by atoms with Crippen molar-refractivity contribution in [2.24, 2.45) is 5.73 Å². The molecule has 0 aliphatic carbocycles. The maximum Gasteiger partial charge on any atom is 0.365 e. The molecule has 1 aromatic rings. The lowest BCUT2D eigenvalue weighted by molar-refractivity contribution is -0.145. The zero-order valence-corrected chi connectivity index (χ0v) is 10.7. The molecule has 0 bridgehead atoms. The van der Waals surface area contributed by atoms with Crippen LogP contribution < -0.4 is 5.73 Å². The molecule has 7 heteroatoms. The largest absolute Gasteiger partial charge is 0.476 e. The number of thiazole rings is 1. The number of nitrogens with two attached hydrogens (primary N) is 1. The van der Waals surface area contributed by atoms with Crippen molar-refractivity contribution >= 4 is 23.3 Å². The van der Waals surface area contributed by atoms with E-state index in [1.165, 1.54) is 6.20 Å². The highest BCUT2D eigenvalue weighted by Gasteiger charge is 2.10. The van der Waals surface area contributed by atoms with Crippen molar-refractivity contribution in [1.29, 1.82) is 0 Å². The predicted octanol–water partition coefficient (Wildman–Crippen LogP) is 1.40. The predicted molar refractivity (Wildman–Crippen MR) is 66.4 cm³/mol. The molecule has 1 aromatic heterocycles. The molecule has 0 aliphatic rings. The van der Waals surface area contributed by atoms with Crippen molar-refractivity contribution in [3.63, 3.8) is 0 Å². The lowest BCUT2D eigenvalue weighted by atomic mass is 10.2.